The monoisotopic (exact) mass is 370 g/mol. The van der Waals surface area contributed by atoms with Crippen LogP contribution in [0.1, 0.15) is 16.8 Å². The Hall–Kier alpha value is -3.13. The quantitative estimate of drug-likeness (QED) is 0.290. The summed E-state index contributed by atoms with van der Waals surface area (Å²) in [5.41, 5.74) is 6.83. The second kappa shape index (κ2) is 8.05. The van der Waals surface area contributed by atoms with Crippen LogP contribution in [0.5, 0.6) is 5.75 Å². The van der Waals surface area contributed by atoms with Gasteiger partial charge in [-0.15, -0.1) is 0 Å². The van der Waals surface area contributed by atoms with E-state index in [1.165, 1.54) is 18.2 Å². The predicted molar refractivity (Wildman–Crippen MR) is 103 cm³/mol. The molecule has 0 spiro atoms. The smallest absolute Gasteiger partial charge is 0.343 e. The molecule has 1 aliphatic heterocycles. The zero-order valence-corrected chi connectivity index (χ0v) is 15.1. The number of nitro groups is 1. The first-order valence-electron chi connectivity index (χ1n) is 8.73. The van der Waals surface area contributed by atoms with Gasteiger partial charge in [-0.25, -0.2) is 4.79 Å². The van der Waals surface area contributed by atoms with Crippen LogP contribution in [0.2, 0.25) is 0 Å². The van der Waals surface area contributed by atoms with E-state index < -0.39 is 10.9 Å². The number of likely N-dealkylation sites (N-methyl/N-ethyl adjacent to an activating group) is 1. The highest BCUT2D eigenvalue weighted by atomic mass is 16.6. The summed E-state index contributed by atoms with van der Waals surface area (Å²) in [7, 11) is 2.12. The molecule has 0 aliphatic carbocycles. The number of hydrogen-bond donors (Lipinski definition) is 1. The minimum Gasteiger partial charge on any atom is -0.423 e. The van der Waals surface area contributed by atoms with Crippen LogP contribution in [0.25, 0.3) is 0 Å². The third kappa shape index (κ3) is 4.53. The number of nitro benzene ring substituents is 1. The van der Waals surface area contributed by atoms with Crippen molar-refractivity contribution >= 4 is 23.0 Å². The molecule has 1 saturated heterocycles. The Morgan fingerprint density at radius 2 is 1.85 bits per heavy atom. The van der Waals surface area contributed by atoms with Gasteiger partial charge in [0.05, 0.1) is 10.5 Å². The third-order valence-corrected chi connectivity index (χ3v) is 4.59. The van der Waals surface area contributed by atoms with Gasteiger partial charge in [-0.3, -0.25) is 10.1 Å². The first kappa shape index (κ1) is 18.7. The summed E-state index contributed by atoms with van der Waals surface area (Å²) in [5.74, 6) is -0.367. The number of hydrogen-bond acceptors (Lipinski definition) is 7. The van der Waals surface area contributed by atoms with E-state index in [1.54, 1.807) is 12.1 Å². The molecule has 0 radical (unpaired) electrons. The molecule has 0 saturated carbocycles. The van der Waals surface area contributed by atoms with Crippen molar-refractivity contribution in [1.82, 2.24) is 4.90 Å². The molecule has 142 valence electrons. The number of rotatable bonds is 4. The van der Waals surface area contributed by atoms with E-state index in [1.807, 2.05) is 12.1 Å². The van der Waals surface area contributed by atoms with Crippen LogP contribution in [-0.4, -0.2) is 49.0 Å². The predicted octanol–water partition coefficient (Wildman–Crippen LogP) is 2.54. The van der Waals surface area contributed by atoms with Crippen LogP contribution in [-0.2, 0) is 0 Å². The van der Waals surface area contributed by atoms with E-state index in [9.17, 15) is 14.9 Å². The van der Waals surface area contributed by atoms with E-state index in [0.717, 1.165) is 38.3 Å². The molecule has 0 aromatic heterocycles. The molecule has 1 fully saturated rings. The van der Waals surface area contributed by atoms with Gasteiger partial charge in [0.1, 0.15) is 11.4 Å². The van der Waals surface area contributed by atoms with Crippen molar-refractivity contribution < 1.29 is 14.5 Å². The van der Waals surface area contributed by atoms with Gasteiger partial charge in [0, 0.05) is 37.5 Å². The van der Waals surface area contributed by atoms with Crippen molar-refractivity contribution in [2.45, 2.75) is 6.42 Å². The van der Waals surface area contributed by atoms with Gasteiger partial charge < -0.3 is 20.3 Å². The molecule has 0 bridgehead atoms. The van der Waals surface area contributed by atoms with Crippen LogP contribution >= 0.6 is 0 Å². The lowest BCUT2D eigenvalue weighted by Crippen LogP contribution is -2.28. The Bertz CT molecular complexity index is 838. The maximum Gasteiger partial charge on any atom is 0.343 e. The van der Waals surface area contributed by atoms with Crippen molar-refractivity contribution in [2.24, 2.45) is 0 Å². The topological polar surface area (TPSA) is 102 Å². The van der Waals surface area contributed by atoms with Gasteiger partial charge in [-0.1, -0.05) is 0 Å². The Morgan fingerprint density at radius 3 is 2.52 bits per heavy atom. The van der Waals surface area contributed by atoms with Crippen LogP contribution in [0, 0.1) is 10.1 Å². The van der Waals surface area contributed by atoms with Crippen LogP contribution in [0.4, 0.5) is 17.1 Å². The Balaban J connectivity index is 1.67. The standard InChI is InChI=1S/C19H22N4O4/c1-21-9-2-10-22(12-11-21)15-5-3-14(4-6-15)19(24)27-16-7-8-18(23(25)26)17(20)13-16/h3-8,13H,2,9-12,20H2,1H3. The van der Waals surface area contributed by atoms with Crippen molar-refractivity contribution in [2.75, 3.05) is 43.9 Å². The van der Waals surface area contributed by atoms with Crippen molar-refractivity contribution in [3.63, 3.8) is 0 Å². The number of benzene rings is 2. The van der Waals surface area contributed by atoms with E-state index in [0.29, 0.717) is 5.56 Å². The summed E-state index contributed by atoms with van der Waals surface area (Å²) >= 11 is 0. The third-order valence-electron chi connectivity index (χ3n) is 4.59. The van der Waals surface area contributed by atoms with Gasteiger partial charge in [-0.05, 0) is 50.3 Å². The highest BCUT2D eigenvalue weighted by molar-refractivity contribution is 5.91. The van der Waals surface area contributed by atoms with Crippen LogP contribution in [0.15, 0.2) is 42.5 Å². The van der Waals surface area contributed by atoms with E-state index >= 15 is 0 Å². The second-order valence-corrected chi connectivity index (χ2v) is 6.56. The van der Waals surface area contributed by atoms with E-state index in [2.05, 4.69) is 16.8 Å². The maximum atomic E-state index is 12.3. The number of nitrogens with two attached hydrogens (primary N) is 1. The fraction of sp³-hybridized carbons (Fsp3) is 0.316. The average molecular weight is 370 g/mol. The highest BCUT2D eigenvalue weighted by Crippen LogP contribution is 2.26. The van der Waals surface area contributed by atoms with Crippen LogP contribution < -0.4 is 15.4 Å². The maximum absolute atomic E-state index is 12.3. The summed E-state index contributed by atoms with van der Waals surface area (Å²) in [6.07, 6.45) is 1.10. The summed E-state index contributed by atoms with van der Waals surface area (Å²) in [6, 6.07) is 11.1. The minimum atomic E-state index is -0.583. The lowest BCUT2D eigenvalue weighted by Gasteiger charge is -2.22. The Morgan fingerprint density at radius 1 is 1.11 bits per heavy atom. The lowest BCUT2D eigenvalue weighted by atomic mass is 10.2. The van der Waals surface area contributed by atoms with Gasteiger partial charge in [0.15, 0.2) is 0 Å². The number of ether oxygens (including phenoxy) is 1. The molecule has 3 rings (SSSR count). The number of nitrogens with zero attached hydrogens (tertiary/aromatic N) is 3. The summed E-state index contributed by atoms with van der Waals surface area (Å²) < 4.78 is 5.27. The van der Waals surface area contributed by atoms with Crippen molar-refractivity contribution in [1.29, 1.82) is 0 Å². The lowest BCUT2D eigenvalue weighted by molar-refractivity contribution is -0.383. The molecule has 1 aliphatic rings. The fourth-order valence-corrected chi connectivity index (χ4v) is 3.04. The molecular formula is C19H22N4O4. The summed E-state index contributed by atoms with van der Waals surface area (Å²) in [4.78, 5) is 27.1. The minimum absolute atomic E-state index is 0.0493. The number of carbonyl (C=O) groups is 1. The zero-order chi connectivity index (χ0) is 19.4. The van der Waals surface area contributed by atoms with Crippen molar-refractivity contribution in [3.8, 4) is 5.75 Å². The molecular weight excluding hydrogens is 348 g/mol. The van der Waals surface area contributed by atoms with Gasteiger partial charge in [-0.2, -0.15) is 0 Å². The Labute approximate surface area is 157 Å². The van der Waals surface area contributed by atoms with Crippen molar-refractivity contribution in [3.05, 3.63) is 58.1 Å². The highest BCUT2D eigenvalue weighted by Gasteiger charge is 2.16. The average Bonchev–Trinajstić information content (AvgIpc) is 2.86. The normalized spacial score (nSPS) is 15.2. The van der Waals surface area contributed by atoms with Crippen LogP contribution in [0.3, 0.4) is 0 Å². The zero-order valence-electron chi connectivity index (χ0n) is 15.1. The molecule has 0 atom stereocenters. The molecule has 0 unspecified atom stereocenters. The number of nitrogen functional groups attached to an aromatic ring is 1. The van der Waals surface area contributed by atoms with E-state index in [4.69, 9.17) is 10.5 Å². The molecule has 1 heterocycles. The summed E-state index contributed by atoms with van der Waals surface area (Å²) in [5, 5.41) is 10.8. The molecule has 2 aromatic rings. The number of esters is 1. The van der Waals surface area contributed by atoms with E-state index in [-0.39, 0.29) is 17.1 Å². The second-order valence-electron chi connectivity index (χ2n) is 6.56. The summed E-state index contributed by atoms with van der Waals surface area (Å²) in [6.45, 7) is 4.02. The van der Waals surface area contributed by atoms with Gasteiger partial charge in [0.2, 0.25) is 0 Å². The van der Waals surface area contributed by atoms with Gasteiger partial charge in [0.25, 0.3) is 5.69 Å². The number of anilines is 2. The molecule has 2 aromatic carbocycles. The molecule has 27 heavy (non-hydrogen) atoms. The molecule has 8 nitrogen and oxygen atoms in total. The first-order chi connectivity index (χ1) is 12.9. The van der Waals surface area contributed by atoms with Gasteiger partial charge >= 0.3 is 5.97 Å². The fourth-order valence-electron chi connectivity index (χ4n) is 3.04. The first-order valence-corrected chi connectivity index (χ1v) is 8.73. The SMILES string of the molecule is CN1CCCN(c2ccc(C(=O)Oc3ccc([N+](=O)[O-])c(N)c3)cc2)CC1. The Kier molecular flexibility index (Phi) is 5.56. The number of carbonyl (C=O) groups excluding carboxylic acids is 1. The molecule has 0 amide bonds. The molecule has 8 heteroatoms. The molecule has 2 N–H and O–H groups in total. The largest absolute Gasteiger partial charge is 0.423 e.